The molecule has 1 aromatic heterocycles. The summed E-state index contributed by atoms with van der Waals surface area (Å²) in [7, 11) is 1.74. The van der Waals surface area contributed by atoms with Crippen LogP contribution in [0.3, 0.4) is 0 Å². The Morgan fingerprint density at radius 2 is 1.72 bits per heavy atom. The Morgan fingerprint density at radius 1 is 1.17 bits per heavy atom. The Morgan fingerprint density at radius 3 is 2.17 bits per heavy atom. The minimum absolute atomic E-state index is 0.0148. The molecule has 18 heavy (non-hydrogen) atoms. The fourth-order valence-corrected chi connectivity index (χ4v) is 3.55. The summed E-state index contributed by atoms with van der Waals surface area (Å²) in [4.78, 5) is 2.40. The van der Waals surface area contributed by atoms with E-state index in [1.54, 1.807) is 18.4 Å². The van der Waals surface area contributed by atoms with Crippen molar-refractivity contribution in [1.82, 2.24) is 0 Å². The maximum atomic E-state index is 6.03. The van der Waals surface area contributed by atoms with Crippen LogP contribution in [0.1, 0.15) is 29.5 Å². The molecule has 0 radical (unpaired) electrons. The molecule has 0 saturated carbocycles. The lowest BCUT2D eigenvalue weighted by atomic mass is 9.86. The molecule has 0 fully saturated rings. The van der Waals surface area contributed by atoms with Crippen molar-refractivity contribution in [3.63, 3.8) is 0 Å². The van der Waals surface area contributed by atoms with Crippen molar-refractivity contribution in [3.05, 3.63) is 9.75 Å². The topological polar surface area (TPSA) is 27.7 Å². The zero-order chi connectivity index (χ0) is 13.2. The van der Waals surface area contributed by atoms with Gasteiger partial charge in [0.1, 0.15) is 0 Å². The van der Waals surface area contributed by atoms with E-state index in [9.17, 15) is 0 Å². The summed E-state index contributed by atoms with van der Waals surface area (Å²) in [6, 6.07) is 0. The third-order valence-electron chi connectivity index (χ3n) is 3.43. The number of hydrogen-bond donors (Lipinski definition) is 0. The molecule has 0 atom stereocenters. The predicted molar refractivity (Wildman–Crippen MR) is 74.0 cm³/mol. The number of methoxy groups -OCH3 is 1. The molecule has 0 aromatic carbocycles. The maximum Gasteiger partial charge on any atom is 0.175 e. The van der Waals surface area contributed by atoms with E-state index >= 15 is 0 Å². The van der Waals surface area contributed by atoms with Crippen molar-refractivity contribution in [2.24, 2.45) is 5.41 Å². The molecule has 0 saturated heterocycles. The molecule has 4 heteroatoms. The van der Waals surface area contributed by atoms with Gasteiger partial charge in [0.15, 0.2) is 11.5 Å². The largest absolute Gasteiger partial charge is 0.488 e. The number of fused-ring (bicyclic) bond motifs is 1. The van der Waals surface area contributed by atoms with Crippen molar-refractivity contribution < 1.29 is 14.2 Å². The molecule has 0 unspecified atom stereocenters. The van der Waals surface area contributed by atoms with Crippen LogP contribution in [0.15, 0.2) is 0 Å². The second kappa shape index (κ2) is 5.49. The van der Waals surface area contributed by atoms with Crippen LogP contribution in [-0.4, -0.2) is 26.9 Å². The molecule has 0 bridgehead atoms. The Bertz CT molecular complexity index is 375. The van der Waals surface area contributed by atoms with Crippen LogP contribution in [-0.2, 0) is 4.74 Å². The lowest BCUT2D eigenvalue weighted by Gasteiger charge is -2.29. The standard InChI is InChI=1S/C14H22O3S/c1-5-6-14(7-15-4)8-16-12-10(2)18-11(3)13(12)17-9-14/h5-9H2,1-4H3. The van der Waals surface area contributed by atoms with E-state index in [0.717, 1.165) is 24.3 Å². The highest BCUT2D eigenvalue weighted by Crippen LogP contribution is 2.45. The number of aryl methyl sites for hydroxylation is 2. The van der Waals surface area contributed by atoms with Crippen LogP contribution in [0.25, 0.3) is 0 Å². The molecule has 1 aromatic rings. The van der Waals surface area contributed by atoms with Crippen LogP contribution in [0.2, 0.25) is 0 Å². The van der Waals surface area contributed by atoms with E-state index in [1.165, 1.54) is 9.75 Å². The van der Waals surface area contributed by atoms with Crippen LogP contribution in [0.5, 0.6) is 11.5 Å². The summed E-state index contributed by atoms with van der Waals surface area (Å²) in [5.41, 5.74) is -0.0148. The van der Waals surface area contributed by atoms with E-state index in [0.29, 0.717) is 19.8 Å². The van der Waals surface area contributed by atoms with Crippen molar-refractivity contribution in [2.75, 3.05) is 26.9 Å². The normalized spacial score (nSPS) is 17.6. The van der Waals surface area contributed by atoms with E-state index in [-0.39, 0.29) is 5.41 Å². The van der Waals surface area contributed by atoms with Gasteiger partial charge in [-0.2, -0.15) is 0 Å². The molecular weight excluding hydrogens is 248 g/mol. The average molecular weight is 270 g/mol. The monoisotopic (exact) mass is 270 g/mol. The van der Waals surface area contributed by atoms with Gasteiger partial charge in [-0.25, -0.2) is 0 Å². The molecule has 1 aliphatic heterocycles. The first kappa shape index (κ1) is 13.7. The van der Waals surface area contributed by atoms with Gasteiger partial charge in [-0.3, -0.25) is 0 Å². The third kappa shape index (κ3) is 2.50. The molecule has 102 valence electrons. The van der Waals surface area contributed by atoms with Crippen molar-refractivity contribution in [2.45, 2.75) is 33.6 Å². The van der Waals surface area contributed by atoms with Crippen molar-refractivity contribution in [3.8, 4) is 11.5 Å². The van der Waals surface area contributed by atoms with Crippen LogP contribution in [0, 0.1) is 19.3 Å². The van der Waals surface area contributed by atoms with Gasteiger partial charge in [0.25, 0.3) is 0 Å². The molecule has 3 nitrogen and oxygen atoms in total. The summed E-state index contributed by atoms with van der Waals surface area (Å²) in [5, 5.41) is 0. The SMILES string of the molecule is CCCC1(COC)COc2c(C)sc(C)c2OC1. The second-order valence-electron chi connectivity index (χ2n) is 5.13. The summed E-state index contributed by atoms with van der Waals surface area (Å²) in [5.74, 6) is 1.87. The number of hydrogen-bond acceptors (Lipinski definition) is 4. The fraction of sp³-hybridized carbons (Fsp3) is 0.714. The highest BCUT2D eigenvalue weighted by atomic mass is 32.1. The van der Waals surface area contributed by atoms with Gasteiger partial charge in [0.05, 0.1) is 25.2 Å². The summed E-state index contributed by atoms with van der Waals surface area (Å²) in [6.07, 6.45) is 2.17. The molecule has 0 spiro atoms. The quantitative estimate of drug-likeness (QED) is 0.837. The average Bonchev–Trinajstić information content (AvgIpc) is 2.49. The Hall–Kier alpha value is -0.740. The van der Waals surface area contributed by atoms with Gasteiger partial charge in [0.2, 0.25) is 0 Å². The van der Waals surface area contributed by atoms with Gasteiger partial charge in [-0.1, -0.05) is 13.3 Å². The maximum absolute atomic E-state index is 6.03. The molecule has 0 aliphatic carbocycles. The van der Waals surface area contributed by atoms with Gasteiger partial charge in [-0.15, -0.1) is 11.3 Å². The van der Waals surface area contributed by atoms with Gasteiger partial charge < -0.3 is 14.2 Å². The van der Waals surface area contributed by atoms with Crippen LogP contribution < -0.4 is 9.47 Å². The molecule has 1 aliphatic rings. The van der Waals surface area contributed by atoms with Crippen LogP contribution >= 0.6 is 11.3 Å². The van der Waals surface area contributed by atoms with Crippen molar-refractivity contribution in [1.29, 1.82) is 0 Å². The van der Waals surface area contributed by atoms with Crippen LogP contribution in [0.4, 0.5) is 0 Å². The Balaban J connectivity index is 2.22. The minimum Gasteiger partial charge on any atom is -0.488 e. The Kier molecular flexibility index (Phi) is 4.17. The highest BCUT2D eigenvalue weighted by Gasteiger charge is 2.36. The first-order valence-electron chi connectivity index (χ1n) is 6.46. The number of rotatable bonds is 4. The summed E-state index contributed by atoms with van der Waals surface area (Å²) >= 11 is 1.74. The zero-order valence-corrected chi connectivity index (χ0v) is 12.5. The molecular formula is C14H22O3S. The van der Waals surface area contributed by atoms with E-state index in [1.807, 2.05) is 0 Å². The number of thiophene rings is 1. The number of ether oxygens (including phenoxy) is 3. The zero-order valence-electron chi connectivity index (χ0n) is 11.7. The molecule has 2 heterocycles. The van der Waals surface area contributed by atoms with Gasteiger partial charge in [0, 0.05) is 16.9 Å². The lowest BCUT2D eigenvalue weighted by Crippen LogP contribution is -2.37. The second-order valence-corrected chi connectivity index (χ2v) is 6.56. The molecule has 0 amide bonds. The molecule has 2 rings (SSSR count). The first-order chi connectivity index (χ1) is 8.62. The van der Waals surface area contributed by atoms with Crippen molar-refractivity contribution >= 4 is 11.3 Å². The summed E-state index contributed by atoms with van der Waals surface area (Å²) < 4.78 is 17.4. The minimum atomic E-state index is -0.0148. The van der Waals surface area contributed by atoms with E-state index in [4.69, 9.17) is 14.2 Å². The third-order valence-corrected chi connectivity index (χ3v) is 4.41. The van der Waals surface area contributed by atoms with Gasteiger partial charge >= 0.3 is 0 Å². The first-order valence-corrected chi connectivity index (χ1v) is 7.28. The Labute approximate surface area is 113 Å². The molecule has 0 N–H and O–H groups in total. The smallest absolute Gasteiger partial charge is 0.175 e. The van der Waals surface area contributed by atoms with Gasteiger partial charge in [-0.05, 0) is 20.3 Å². The predicted octanol–water partition coefficient (Wildman–Crippen LogP) is 3.57. The summed E-state index contributed by atoms with van der Waals surface area (Å²) in [6.45, 7) is 8.41. The highest BCUT2D eigenvalue weighted by molar-refractivity contribution is 7.12. The van der Waals surface area contributed by atoms with E-state index in [2.05, 4.69) is 20.8 Å². The lowest BCUT2D eigenvalue weighted by molar-refractivity contribution is 0.00927. The van der Waals surface area contributed by atoms with E-state index < -0.39 is 0 Å². The fourth-order valence-electron chi connectivity index (χ4n) is 2.61.